The van der Waals surface area contributed by atoms with Crippen LogP contribution in [0.15, 0.2) is 58.4 Å². The Bertz CT molecular complexity index is 979. The van der Waals surface area contributed by atoms with E-state index in [1.54, 1.807) is 19.2 Å². The van der Waals surface area contributed by atoms with Gasteiger partial charge in [-0.05, 0) is 67.6 Å². The van der Waals surface area contributed by atoms with Crippen LogP contribution < -0.4 is 4.90 Å². The monoisotopic (exact) mass is 409 g/mol. The number of thioether (sulfide) groups is 1. The number of amides is 1. The van der Waals surface area contributed by atoms with Crippen LogP contribution in [0, 0.1) is 0 Å². The number of amidine groups is 1. The average molecular weight is 410 g/mol. The maximum absolute atomic E-state index is 12.6. The number of carboxylic acid groups (broad SMARTS) is 1. The number of aromatic carboxylic acids is 1. The molecule has 0 saturated carbocycles. The largest absolute Gasteiger partial charge is 0.478 e. The van der Waals surface area contributed by atoms with Crippen molar-refractivity contribution in [2.75, 3.05) is 25.0 Å². The molecule has 29 heavy (non-hydrogen) atoms. The molecule has 7 heteroatoms. The number of likely N-dealkylation sites (N-methyl/N-ethyl adjacent to an activating group) is 1. The summed E-state index contributed by atoms with van der Waals surface area (Å²) in [4.78, 5) is 32.5. The number of hydrogen-bond acceptors (Lipinski definition) is 5. The van der Waals surface area contributed by atoms with Crippen LogP contribution in [0.4, 0.5) is 11.4 Å². The van der Waals surface area contributed by atoms with Crippen LogP contribution in [0.5, 0.6) is 0 Å². The van der Waals surface area contributed by atoms with Gasteiger partial charge >= 0.3 is 5.97 Å². The lowest BCUT2D eigenvalue weighted by molar-refractivity contribution is -0.121. The van der Waals surface area contributed by atoms with Crippen molar-refractivity contribution >= 4 is 46.3 Å². The van der Waals surface area contributed by atoms with Crippen molar-refractivity contribution in [2.24, 2.45) is 4.99 Å². The molecule has 0 radical (unpaired) electrons. The van der Waals surface area contributed by atoms with Crippen molar-refractivity contribution in [3.05, 3.63) is 64.6 Å². The Morgan fingerprint density at radius 2 is 1.86 bits per heavy atom. The van der Waals surface area contributed by atoms with Gasteiger partial charge in [0.25, 0.3) is 5.91 Å². The van der Waals surface area contributed by atoms with E-state index in [1.165, 1.54) is 28.8 Å². The maximum Gasteiger partial charge on any atom is 0.335 e. The minimum absolute atomic E-state index is 0.129. The summed E-state index contributed by atoms with van der Waals surface area (Å²) in [5.74, 6) is -1.14. The third kappa shape index (κ3) is 4.68. The molecule has 1 aliphatic rings. The Kier molecular flexibility index (Phi) is 6.39. The molecular formula is C22H23N3O3S. The van der Waals surface area contributed by atoms with Crippen LogP contribution >= 0.6 is 11.8 Å². The third-order valence-electron chi connectivity index (χ3n) is 4.64. The van der Waals surface area contributed by atoms with Gasteiger partial charge in [-0.15, -0.1) is 0 Å². The smallest absolute Gasteiger partial charge is 0.335 e. The zero-order valence-electron chi connectivity index (χ0n) is 16.6. The van der Waals surface area contributed by atoms with Crippen LogP contribution in [0.25, 0.3) is 6.08 Å². The Morgan fingerprint density at radius 1 is 1.17 bits per heavy atom. The predicted octanol–water partition coefficient (Wildman–Crippen LogP) is 4.46. The fraction of sp³-hybridized carbons (Fsp3) is 0.227. The van der Waals surface area contributed by atoms with E-state index in [9.17, 15) is 9.59 Å². The van der Waals surface area contributed by atoms with Crippen molar-refractivity contribution in [1.82, 2.24) is 4.90 Å². The normalized spacial score (nSPS) is 16.7. The molecule has 0 aliphatic carbocycles. The fourth-order valence-corrected chi connectivity index (χ4v) is 3.98. The molecule has 3 rings (SSSR count). The summed E-state index contributed by atoms with van der Waals surface area (Å²) in [7, 11) is 1.67. The highest BCUT2D eigenvalue weighted by Crippen LogP contribution is 2.33. The lowest BCUT2D eigenvalue weighted by atomic mass is 10.1. The topological polar surface area (TPSA) is 73.2 Å². The van der Waals surface area contributed by atoms with E-state index in [4.69, 9.17) is 5.11 Å². The summed E-state index contributed by atoms with van der Waals surface area (Å²) in [5, 5.41) is 9.64. The predicted molar refractivity (Wildman–Crippen MR) is 119 cm³/mol. The minimum Gasteiger partial charge on any atom is -0.478 e. The summed E-state index contributed by atoms with van der Waals surface area (Å²) in [6.07, 6.45) is 1.85. The molecule has 1 saturated heterocycles. The summed E-state index contributed by atoms with van der Waals surface area (Å²) < 4.78 is 0. The highest BCUT2D eigenvalue weighted by atomic mass is 32.2. The van der Waals surface area contributed by atoms with Crippen molar-refractivity contribution in [2.45, 2.75) is 13.8 Å². The summed E-state index contributed by atoms with van der Waals surface area (Å²) >= 11 is 1.28. The molecule has 1 fully saturated rings. The van der Waals surface area contributed by atoms with E-state index in [2.05, 4.69) is 35.9 Å². The molecular weight excluding hydrogens is 386 g/mol. The number of anilines is 1. The number of hydrogen-bond donors (Lipinski definition) is 1. The minimum atomic E-state index is -1.01. The molecule has 2 aromatic rings. The lowest BCUT2D eigenvalue weighted by Crippen LogP contribution is -2.23. The second-order valence-electron chi connectivity index (χ2n) is 6.49. The highest BCUT2D eigenvalue weighted by molar-refractivity contribution is 8.18. The Labute approximate surface area is 174 Å². The molecule has 1 amide bonds. The number of benzene rings is 2. The van der Waals surface area contributed by atoms with Gasteiger partial charge in [-0.2, -0.15) is 0 Å². The number of rotatable bonds is 6. The number of nitrogens with zero attached hydrogens (tertiary/aromatic N) is 3. The van der Waals surface area contributed by atoms with Crippen molar-refractivity contribution in [3.63, 3.8) is 0 Å². The van der Waals surface area contributed by atoms with Crippen LogP contribution in [0.2, 0.25) is 0 Å². The van der Waals surface area contributed by atoms with E-state index in [1.807, 2.05) is 18.2 Å². The van der Waals surface area contributed by atoms with Gasteiger partial charge in [0, 0.05) is 25.8 Å². The first-order valence-electron chi connectivity index (χ1n) is 9.37. The lowest BCUT2D eigenvalue weighted by Gasteiger charge is -2.20. The van der Waals surface area contributed by atoms with Crippen LogP contribution in [0.3, 0.4) is 0 Å². The second kappa shape index (κ2) is 8.96. The van der Waals surface area contributed by atoms with Gasteiger partial charge in [0.15, 0.2) is 5.17 Å². The molecule has 1 N–H and O–H groups in total. The van der Waals surface area contributed by atoms with Gasteiger partial charge in [-0.1, -0.05) is 18.2 Å². The Balaban J connectivity index is 1.83. The number of carbonyl (C=O) groups is 2. The van der Waals surface area contributed by atoms with Crippen LogP contribution in [-0.2, 0) is 4.79 Å². The van der Waals surface area contributed by atoms with Crippen LogP contribution in [-0.4, -0.2) is 47.2 Å². The van der Waals surface area contributed by atoms with E-state index >= 15 is 0 Å². The van der Waals surface area contributed by atoms with E-state index < -0.39 is 5.97 Å². The van der Waals surface area contributed by atoms with E-state index in [0.717, 1.165) is 24.3 Å². The zero-order valence-corrected chi connectivity index (χ0v) is 17.4. The standard InChI is InChI=1S/C22H23N3O3S/c1-4-25(5-2)18-11-9-15(10-12-18)13-19-20(26)24(3)22(29-19)23-17-8-6-7-16(14-17)21(27)28/h6-14H,4-5H2,1-3H3,(H,27,28)/b19-13+,23-22?. The van der Waals surface area contributed by atoms with Crippen molar-refractivity contribution in [1.29, 1.82) is 0 Å². The molecule has 0 unspecified atom stereocenters. The van der Waals surface area contributed by atoms with Gasteiger partial charge in [0.05, 0.1) is 16.2 Å². The van der Waals surface area contributed by atoms with Gasteiger partial charge in [-0.25, -0.2) is 9.79 Å². The van der Waals surface area contributed by atoms with Crippen molar-refractivity contribution in [3.8, 4) is 0 Å². The average Bonchev–Trinajstić information content (AvgIpc) is 2.98. The SMILES string of the molecule is CCN(CC)c1ccc(/C=C2/SC(=Nc3cccc(C(=O)O)c3)N(C)C2=O)cc1. The molecule has 0 bridgehead atoms. The Hall–Kier alpha value is -3.06. The van der Waals surface area contributed by atoms with E-state index in [-0.39, 0.29) is 11.5 Å². The molecule has 1 heterocycles. The zero-order chi connectivity index (χ0) is 21.0. The summed E-state index contributed by atoms with van der Waals surface area (Å²) in [6.45, 7) is 6.13. The molecule has 0 spiro atoms. The fourth-order valence-electron chi connectivity index (χ4n) is 2.99. The molecule has 0 aromatic heterocycles. The van der Waals surface area contributed by atoms with Crippen molar-refractivity contribution < 1.29 is 14.7 Å². The number of aliphatic imine (C=N–C) groups is 1. The molecule has 6 nitrogen and oxygen atoms in total. The van der Waals surface area contributed by atoms with E-state index in [0.29, 0.717) is 15.8 Å². The maximum atomic E-state index is 12.6. The first-order valence-corrected chi connectivity index (χ1v) is 10.2. The Morgan fingerprint density at radius 3 is 2.48 bits per heavy atom. The van der Waals surface area contributed by atoms with Gasteiger partial charge in [-0.3, -0.25) is 9.69 Å². The highest BCUT2D eigenvalue weighted by Gasteiger charge is 2.30. The molecule has 1 aliphatic heterocycles. The van der Waals surface area contributed by atoms with Crippen LogP contribution in [0.1, 0.15) is 29.8 Å². The first-order chi connectivity index (χ1) is 13.9. The van der Waals surface area contributed by atoms with Gasteiger partial charge in [0.1, 0.15) is 0 Å². The molecule has 150 valence electrons. The quantitative estimate of drug-likeness (QED) is 0.713. The number of carbonyl (C=O) groups excluding carboxylic acids is 1. The third-order valence-corrected chi connectivity index (χ3v) is 5.70. The van der Waals surface area contributed by atoms with Gasteiger partial charge in [0.2, 0.25) is 0 Å². The summed E-state index contributed by atoms with van der Waals surface area (Å²) in [5.41, 5.74) is 2.75. The molecule has 2 aromatic carbocycles. The second-order valence-corrected chi connectivity index (χ2v) is 7.50. The summed E-state index contributed by atoms with van der Waals surface area (Å²) in [6, 6.07) is 14.5. The first kappa shape index (κ1) is 20.7. The number of carboxylic acids is 1. The molecule has 0 atom stereocenters. The van der Waals surface area contributed by atoms with Gasteiger partial charge < -0.3 is 10.0 Å².